The quantitative estimate of drug-likeness (QED) is 0.759. The minimum atomic E-state index is -0.402. The van der Waals surface area contributed by atoms with Crippen molar-refractivity contribution in [1.82, 2.24) is 24.7 Å². The van der Waals surface area contributed by atoms with Gasteiger partial charge in [-0.05, 0) is 38.5 Å². The second-order valence-corrected chi connectivity index (χ2v) is 6.37. The van der Waals surface area contributed by atoms with E-state index in [2.05, 4.69) is 20.4 Å². The standard InChI is InChI=1S/C18H20N6O/c1-11-12(2)21-18(13-4-7-19-8-5-13)23-17(11)22-14-10-15(25)16(14)24-9-3-6-20-24/h3-9,14-16,25H,10H2,1-2H3,(H,21,22,23)/t14-,15+,16+/m0/s1. The van der Waals surface area contributed by atoms with Gasteiger partial charge in [0.15, 0.2) is 5.82 Å². The van der Waals surface area contributed by atoms with Crippen LogP contribution in [0.4, 0.5) is 5.82 Å². The first-order valence-electron chi connectivity index (χ1n) is 8.33. The number of rotatable bonds is 4. The van der Waals surface area contributed by atoms with Crippen LogP contribution in [0.15, 0.2) is 43.0 Å². The summed E-state index contributed by atoms with van der Waals surface area (Å²) in [6, 6.07) is 5.65. The summed E-state index contributed by atoms with van der Waals surface area (Å²) in [6.07, 6.45) is 7.33. The molecule has 1 aliphatic rings. The molecule has 0 aliphatic heterocycles. The molecule has 25 heavy (non-hydrogen) atoms. The van der Waals surface area contributed by atoms with Gasteiger partial charge in [-0.3, -0.25) is 9.67 Å². The van der Waals surface area contributed by atoms with Crippen LogP contribution in [0.5, 0.6) is 0 Å². The molecule has 0 saturated heterocycles. The van der Waals surface area contributed by atoms with Crippen molar-refractivity contribution >= 4 is 5.82 Å². The molecular formula is C18H20N6O. The van der Waals surface area contributed by atoms with Gasteiger partial charge in [0.1, 0.15) is 5.82 Å². The van der Waals surface area contributed by atoms with E-state index in [1.807, 2.05) is 38.2 Å². The van der Waals surface area contributed by atoms with Crippen molar-refractivity contribution in [3.63, 3.8) is 0 Å². The first-order chi connectivity index (χ1) is 12.1. The van der Waals surface area contributed by atoms with Gasteiger partial charge in [0.2, 0.25) is 0 Å². The molecule has 3 heterocycles. The number of aliphatic hydroxyl groups excluding tert-OH is 1. The Morgan fingerprint density at radius 1 is 1.16 bits per heavy atom. The van der Waals surface area contributed by atoms with Crippen molar-refractivity contribution in [2.75, 3.05) is 5.32 Å². The third-order valence-electron chi connectivity index (χ3n) is 4.78. The Morgan fingerprint density at radius 2 is 1.96 bits per heavy atom. The maximum absolute atomic E-state index is 10.1. The summed E-state index contributed by atoms with van der Waals surface area (Å²) in [7, 11) is 0. The molecule has 0 radical (unpaired) electrons. The Bertz CT molecular complexity index is 865. The van der Waals surface area contributed by atoms with E-state index in [1.54, 1.807) is 23.3 Å². The number of aryl methyl sites for hydroxylation is 1. The SMILES string of the molecule is Cc1nc(-c2ccncc2)nc(N[C@H]2C[C@@H](O)[C@@H]2n2cccn2)c1C. The second-order valence-electron chi connectivity index (χ2n) is 6.37. The maximum Gasteiger partial charge on any atom is 0.161 e. The summed E-state index contributed by atoms with van der Waals surface area (Å²) < 4.78 is 1.80. The average Bonchev–Trinajstić information content (AvgIpc) is 3.12. The summed E-state index contributed by atoms with van der Waals surface area (Å²) >= 11 is 0. The average molecular weight is 336 g/mol. The molecule has 2 N–H and O–H groups in total. The van der Waals surface area contributed by atoms with Gasteiger partial charge in [0.25, 0.3) is 0 Å². The lowest BCUT2D eigenvalue weighted by atomic mass is 9.83. The molecule has 7 heteroatoms. The van der Waals surface area contributed by atoms with Crippen LogP contribution in [-0.2, 0) is 0 Å². The molecule has 4 rings (SSSR count). The molecular weight excluding hydrogens is 316 g/mol. The molecule has 1 saturated carbocycles. The molecule has 3 aromatic heterocycles. The van der Waals surface area contributed by atoms with Gasteiger partial charge in [-0.2, -0.15) is 5.10 Å². The number of anilines is 1. The van der Waals surface area contributed by atoms with Crippen LogP contribution in [0.25, 0.3) is 11.4 Å². The van der Waals surface area contributed by atoms with Crippen LogP contribution < -0.4 is 5.32 Å². The van der Waals surface area contributed by atoms with E-state index in [0.29, 0.717) is 12.2 Å². The van der Waals surface area contributed by atoms with Crippen molar-refractivity contribution in [1.29, 1.82) is 0 Å². The fourth-order valence-electron chi connectivity index (χ4n) is 3.15. The zero-order valence-electron chi connectivity index (χ0n) is 14.2. The predicted molar refractivity (Wildman–Crippen MR) is 94.0 cm³/mol. The monoisotopic (exact) mass is 336 g/mol. The van der Waals surface area contributed by atoms with Gasteiger partial charge in [0.05, 0.1) is 18.2 Å². The molecule has 0 spiro atoms. The summed E-state index contributed by atoms with van der Waals surface area (Å²) in [4.78, 5) is 13.3. The first kappa shape index (κ1) is 15.7. The van der Waals surface area contributed by atoms with Gasteiger partial charge in [-0.1, -0.05) is 0 Å². The van der Waals surface area contributed by atoms with Crippen molar-refractivity contribution in [2.45, 2.75) is 38.5 Å². The van der Waals surface area contributed by atoms with Crippen LogP contribution in [-0.4, -0.2) is 42.0 Å². The van der Waals surface area contributed by atoms with Crippen molar-refractivity contribution < 1.29 is 5.11 Å². The number of hydrogen-bond donors (Lipinski definition) is 2. The van der Waals surface area contributed by atoms with Gasteiger partial charge in [0, 0.05) is 41.6 Å². The fraction of sp³-hybridized carbons (Fsp3) is 0.333. The smallest absolute Gasteiger partial charge is 0.161 e. The lowest BCUT2D eigenvalue weighted by molar-refractivity contribution is 0.0133. The summed E-state index contributed by atoms with van der Waals surface area (Å²) in [5.74, 6) is 1.47. The lowest BCUT2D eigenvalue weighted by Crippen LogP contribution is -2.51. The Labute approximate surface area is 145 Å². The minimum absolute atomic E-state index is 0.0770. The van der Waals surface area contributed by atoms with E-state index in [9.17, 15) is 5.11 Å². The van der Waals surface area contributed by atoms with Crippen molar-refractivity contribution in [2.24, 2.45) is 0 Å². The van der Waals surface area contributed by atoms with Crippen LogP contribution in [0.1, 0.15) is 23.7 Å². The maximum atomic E-state index is 10.1. The number of nitrogens with zero attached hydrogens (tertiary/aromatic N) is 5. The van der Waals surface area contributed by atoms with Gasteiger partial charge < -0.3 is 10.4 Å². The number of nitrogens with one attached hydrogen (secondary N) is 1. The lowest BCUT2D eigenvalue weighted by Gasteiger charge is -2.42. The highest BCUT2D eigenvalue weighted by Gasteiger charge is 2.42. The van der Waals surface area contributed by atoms with E-state index in [0.717, 1.165) is 22.6 Å². The van der Waals surface area contributed by atoms with Crippen LogP contribution in [0, 0.1) is 13.8 Å². The Hall–Kier alpha value is -2.80. The molecule has 3 aromatic rings. The molecule has 0 unspecified atom stereocenters. The summed E-state index contributed by atoms with van der Waals surface area (Å²) in [5.41, 5.74) is 2.87. The van der Waals surface area contributed by atoms with E-state index < -0.39 is 6.10 Å². The fourth-order valence-corrected chi connectivity index (χ4v) is 3.15. The normalized spacial score (nSPS) is 22.4. The molecule has 0 amide bonds. The largest absolute Gasteiger partial charge is 0.391 e. The highest BCUT2D eigenvalue weighted by molar-refractivity contribution is 5.59. The third-order valence-corrected chi connectivity index (χ3v) is 4.78. The minimum Gasteiger partial charge on any atom is -0.391 e. The van der Waals surface area contributed by atoms with Crippen molar-refractivity contribution in [3.05, 3.63) is 54.2 Å². The highest BCUT2D eigenvalue weighted by Crippen LogP contribution is 2.35. The van der Waals surface area contributed by atoms with E-state index in [4.69, 9.17) is 4.98 Å². The Balaban J connectivity index is 1.63. The van der Waals surface area contributed by atoms with E-state index in [-0.39, 0.29) is 12.1 Å². The molecule has 7 nitrogen and oxygen atoms in total. The predicted octanol–water partition coefficient (Wildman–Crippen LogP) is 2.14. The van der Waals surface area contributed by atoms with E-state index in [1.165, 1.54) is 0 Å². The number of aromatic nitrogens is 5. The molecule has 1 fully saturated rings. The van der Waals surface area contributed by atoms with Crippen LogP contribution in [0.2, 0.25) is 0 Å². The molecule has 3 atom stereocenters. The topological polar surface area (TPSA) is 88.8 Å². The van der Waals surface area contributed by atoms with Gasteiger partial charge >= 0.3 is 0 Å². The molecule has 1 aliphatic carbocycles. The Morgan fingerprint density at radius 3 is 2.64 bits per heavy atom. The van der Waals surface area contributed by atoms with E-state index >= 15 is 0 Å². The summed E-state index contributed by atoms with van der Waals surface area (Å²) in [5, 5.41) is 17.9. The number of aliphatic hydroxyl groups is 1. The summed E-state index contributed by atoms with van der Waals surface area (Å²) in [6.45, 7) is 3.99. The zero-order valence-corrected chi connectivity index (χ0v) is 14.2. The highest BCUT2D eigenvalue weighted by atomic mass is 16.3. The van der Waals surface area contributed by atoms with Gasteiger partial charge in [-0.25, -0.2) is 9.97 Å². The third kappa shape index (κ3) is 2.87. The first-order valence-corrected chi connectivity index (χ1v) is 8.33. The van der Waals surface area contributed by atoms with Crippen LogP contribution in [0.3, 0.4) is 0 Å². The molecule has 0 bridgehead atoms. The molecule has 128 valence electrons. The number of pyridine rings is 1. The second kappa shape index (κ2) is 6.25. The Kier molecular flexibility index (Phi) is 3.93. The van der Waals surface area contributed by atoms with Gasteiger partial charge in [-0.15, -0.1) is 0 Å². The zero-order chi connectivity index (χ0) is 17.4. The van der Waals surface area contributed by atoms with Crippen LogP contribution >= 0.6 is 0 Å². The number of hydrogen-bond acceptors (Lipinski definition) is 6. The van der Waals surface area contributed by atoms with Crippen molar-refractivity contribution in [3.8, 4) is 11.4 Å². The molecule has 0 aromatic carbocycles.